The highest BCUT2D eigenvalue weighted by Crippen LogP contribution is 2.24. The number of nitrogens with zero attached hydrogens (tertiary/aromatic N) is 2. The van der Waals surface area contributed by atoms with Crippen molar-refractivity contribution in [3.63, 3.8) is 0 Å². The first-order chi connectivity index (χ1) is 9.51. The summed E-state index contributed by atoms with van der Waals surface area (Å²) in [6, 6.07) is 2.76. The SMILES string of the molecule is COC(=O)NC1CCN(c2nc(Cl)ccc2C(=O)O)C1. The first-order valence-corrected chi connectivity index (χ1v) is 6.38. The first-order valence-electron chi connectivity index (χ1n) is 6.00. The minimum Gasteiger partial charge on any atom is -0.478 e. The third-order valence-electron chi connectivity index (χ3n) is 3.07. The number of nitrogens with one attached hydrogen (secondary N) is 1. The maximum atomic E-state index is 11.2. The molecule has 1 aliphatic rings. The van der Waals surface area contributed by atoms with Gasteiger partial charge in [-0.15, -0.1) is 0 Å². The van der Waals surface area contributed by atoms with Gasteiger partial charge in [-0.2, -0.15) is 0 Å². The van der Waals surface area contributed by atoms with E-state index >= 15 is 0 Å². The number of hydrogen-bond donors (Lipinski definition) is 2. The number of carboxylic acids is 1. The number of alkyl carbamates (subject to hydrolysis) is 1. The summed E-state index contributed by atoms with van der Waals surface area (Å²) >= 11 is 5.82. The van der Waals surface area contributed by atoms with Crippen molar-refractivity contribution in [2.45, 2.75) is 12.5 Å². The predicted octanol–water partition coefficient (Wildman–Crippen LogP) is 1.37. The summed E-state index contributed by atoms with van der Waals surface area (Å²) in [5.74, 6) is -0.743. The van der Waals surface area contributed by atoms with Crippen molar-refractivity contribution in [3.8, 4) is 0 Å². The van der Waals surface area contributed by atoms with Gasteiger partial charge >= 0.3 is 12.1 Å². The molecular formula is C12H14ClN3O4. The second-order valence-electron chi connectivity index (χ2n) is 4.38. The third-order valence-corrected chi connectivity index (χ3v) is 3.28. The molecule has 7 nitrogen and oxygen atoms in total. The molecule has 20 heavy (non-hydrogen) atoms. The van der Waals surface area contributed by atoms with E-state index in [4.69, 9.17) is 16.7 Å². The van der Waals surface area contributed by atoms with Crippen LogP contribution < -0.4 is 10.2 Å². The quantitative estimate of drug-likeness (QED) is 0.819. The standard InChI is InChI=1S/C12H14ClN3O4/c1-20-12(19)14-7-4-5-16(6-7)10-8(11(17)18)2-3-9(13)15-10/h2-3,7H,4-6H2,1H3,(H,14,19)(H,17,18). The van der Waals surface area contributed by atoms with Crippen LogP contribution in [0.25, 0.3) is 0 Å². The lowest BCUT2D eigenvalue weighted by Crippen LogP contribution is -2.37. The van der Waals surface area contributed by atoms with E-state index in [1.54, 1.807) is 4.90 Å². The monoisotopic (exact) mass is 299 g/mol. The fourth-order valence-electron chi connectivity index (χ4n) is 2.13. The van der Waals surface area contributed by atoms with Crippen LogP contribution in [0.2, 0.25) is 5.15 Å². The molecule has 2 rings (SSSR count). The minimum absolute atomic E-state index is 0.0909. The van der Waals surface area contributed by atoms with Gasteiger partial charge in [0.2, 0.25) is 0 Å². The number of pyridine rings is 1. The number of aromatic carboxylic acids is 1. The van der Waals surface area contributed by atoms with E-state index in [0.717, 1.165) is 0 Å². The Balaban J connectivity index is 2.15. The van der Waals surface area contributed by atoms with Crippen molar-refractivity contribution < 1.29 is 19.4 Å². The van der Waals surface area contributed by atoms with Gasteiger partial charge in [0, 0.05) is 13.1 Å². The second kappa shape index (κ2) is 5.96. The van der Waals surface area contributed by atoms with Gasteiger partial charge in [0.1, 0.15) is 16.5 Å². The van der Waals surface area contributed by atoms with Crippen LogP contribution in [-0.4, -0.2) is 48.4 Å². The fourth-order valence-corrected chi connectivity index (χ4v) is 2.27. The minimum atomic E-state index is -1.06. The molecule has 0 bridgehead atoms. The number of anilines is 1. The summed E-state index contributed by atoms with van der Waals surface area (Å²) in [7, 11) is 1.29. The van der Waals surface area contributed by atoms with Gasteiger partial charge in [-0.3, -0.25) is 0 Å². The molecule has 1 saturated heterocycles. The fraction of sp³-hybridized carbons (Fsp3) is 0.417. The smallest absolute Gasteiger partial charge is 0.407 e. The molecule has 0 saturated carbocycles. The molecule has 0 aromatic carbocycles. The number of hydrogen-bond acceptors (Lipinski definition) is 5. The number of halogens is 1. The Morgan fingerprint density at radius 1 is 1.55 bits per heavy atom. The summed E-state index contributed by atoms with van der Waals surface area (Å²) in [6.45, 7) is 1.05. The molecule has 2 N–H and O–H groups in total. The third kappa shape index (κ3) is 3.11. The Hall–Kier alpha value is -2.02. The lowest BCUT2D eigenvalue weighted by atomic mass is 10.2. The van der Waals surface area contributed by atoms with Crippen LogP contribution in [-0.2, 0) is 4.74 Å². The highest BCUT2D eigenvalue weighted by molar-refractivity contribution is 6.29. The van der Waals surface area contributed by atoms with Gasteiger partial charge in [0.15, 0.2) is 0 Å². The normalized spacial score (nSPS) is 17.9. The Morgan fingerprint density at radius 3 is 2.95 bits per heavy atom. The van der Waals surface area contributed by atoms with E-state index in [-0.39, 0.29) is 16.8 Å². The van der Waals surface area contributed by atoms with Gasteiger partial charge in [-0.1, -0.05) is 11.6 Å². The number of methoxy groups -OCH3 is 1. The first kappa shape index (κ1) is 14.4. The lowest BCUT2D eigenvalue weighted by molar-refractivity contribution is 0.0697. The molecule has 0 spiro atoms. The van der Waals surface area contributed by atoms with Crippen LogP contribution in [0.1, 0.15) is 16.8 Å². The van der Waals surface area contributed by atoms with Crippen molar-refractivity contribution in [3.05, 3.63) is 22.8 Å². The van der Waals surface area contributed by atoms with Crippen LogP contribution in [0.5, 0.6) is 0 Å². The zero-order valence-electron chi connectivity index (χ0n) is 10.8. The van der Waals surface area contributed by atoms with Crippen LogP contribution in [0.15, 0.2) is 12.1 Å². The molecular weight excluding hydrogens is 286 g/mol. The molecule has 1 aromatic heterocycles. The number of aromatic nitrogens is 1. The second-order valence-corrected chi connectivity index (χ2v) is 4.77. The average molecular weight is 300 g/mol. The largest absolute Gasteiger partial charge is 0.478 e. The van der Waals surface area contributed by atoms with E-state index in [0.29, 0.717) is 25.3 Å². The van der Waals surface area contributed by atoms with Gasteiger partial charge < -0.3 is 20.1 Å². The molecule has 1 unspecified atom stereocenters. The Kier molecular flexibility index (Phi) is 4.29. The summed E-state index contributed by atoms with van der Waals surface area (Å²) in [5, 5.41) is 12.1. The van der Waals surface area contributed by atoms with Crippen molar-refractivity contribution in [2.75, 3.05) is 25.1 Å². The molecule has 108 valence electrons. The molecule has 0 radical (unpaired) electrons. The number of ether oxygens (including phenoxy) is 1. The van der Waals surface area contributed by atoms with E-state index < -0.39 is 12.1 Å². The zero-order chi connectivity index (χ0) is 14.7. The number of carbonyl (C=O) groups is 2. The van der Waals surface area contributed by atoms with Crippen molar-refractivity contribution >= 4 is 29.5 Å². The Bertz CT molecular complexity index is 537. The summed E-state index contributed by atoms with van der Waals surface area (Å²) in [5.41, 5.74) is 0.0909. The molecule has 1 aliphatic heterocycles. The molecule has 0 aliphatic carbocycles. The summed E-state index contributed by atoms with van der Waals surface area (Å²) in [4.78, 5) is 28.2. The topological polar surface area (TPSA) is 91.8 Å². The van der Waals surface area contributed by atoms with E-state index in [9.17, 15) is 9.59 Å². The molecule has 1 fully saturated rings. The zero-order valence-corrected chi connectivity index (χ0v) is 11.6. The molecule has 2 heterocycles. The van der Waals surface area contributed by atoms with Crippen LogP contribution >= 0.6 is 11.6 Å². The van der Waals surface area contributed by atoms with Crippen molar-refractivity contribution in [2.24, 2.45) is 0 Å². The van der Waals surface area contributed by atoms with Crippen molar-refractivity contribution in [1.29, 1.82) is 0 Å². The van der Waals surface area contributed by atoms with Gasteiger partial charge in [0.05, 0.1) is 13.2 Å². The van der Waals surface area contributed by atoms with Crippen LogP contribution in [0, 0.1) is 0 Å². The highest BCUT2D eigenvalue weighted by atomic mass is 35.5. The average Bonchev–Trinajstić information content (AvgIpc) is 2.86. The molecule has 1 atom stereocenters. The van der Waals surface area contributed by atoms with E-state index in [2.05, 4.69) is 15.0 Å². The maximum Gasteiger partial charge on any atom is 0.407 e. The number of amides is 1. The lowest BCUT2D eigenvalue weighted by Gasteiger charge is -2.19. The maximum absolute atomic E-state index is 11.2. The Labute approximate surface area is 120 Å². The molecule has 1 amide bonds. The predicted molar refractivity (Wildman–Crippen MR) is 72.4 cm³/mol. The highest BCUT2D eigenvalue weighted by Gasteiger charge is 2.28. The molecule has 8 heteroatoms. The number of carboxylic acid groups (broad SMARTS) is 1. The van der Waals surface area contributed by atoms with Gasteiger partial charge in [-0.05, 0) is 18.6 Å². The summed E-state index contributed by atoms with van der Waals surface area (Å²) in [6.07, 6.45) is 0.178. The number of carbonyl (C=O) groups excluding carboxylic acids is 1. The van der Waals surface area contributed by atoms with Gasteiger partial charge in [-0.25, -0.2) is 14.6 Å². The Morgan fingerprint density at radius 2 is 2.30 bits per heavy atom. The van der Waals surface area contributed by atoms with E-state index in [1.807, 2.05) is 0 Å². The summed E-state index contributed by atoms with van der Waals surface area (Å²) < 4.78 is 4.53. The van der Waals surface area contributed by atoms with Crippen molar-refractivity contribution in [1.82, 2.24) is 10.3 Å². The number of rotatable bonds is 3. The van der Waals surface area contributed by atoms with Crippen LogP contribution in [0.3, 0.4) is 0 Å². The molecule has 1 aromatic rings. The van der Waals surface area contributed by atoms with Crippen LogP contribution in [0.4, 0.5) is 10.6 Å². The van der Waals surface area contributed by atoms with Gasteiger partial charge in [0.25, 0.3) is 0 Å². The van der Waals surface area contributed by atoms with E-state index in [1.165, 1.54) is 19.2 Å².